The fourth-order valence-electron chi connectivity index (χ4n) is 2.40. The van der Waals surface area contributed by atoms with Crippen LogP contribution in [0.15, 0.2) is 0 Å². The Morgan fingerprint density at radius 1 is 1.44 bits per heavy atom. The largest absolute Gasteiger partial charge is 0.381 e. The van der Waals surface area contributed by atoms with Crippen molar-refractivity contribution in [1.29, 1.82) is 0 Å². The van der Waals surface area contributed by atoms with Crippen molar-refractivity contribution in [3.63, 3.8) is 0 Å². The number of nitrogens with zero attached hydrogens (tertiary/aromatic N) is 2. The van der Waals surface area contributed by atoms with Crippen LogP contribution >= 0.6 is 11.6 Å². The number of aryl methyl sites for hydroxylation is 2. The van der Waals surface area contributed by atoms with E-state index in [1.54, 1.807) is 0 Å². The highest BCUT2D eigenvalue weighted by molar-refractivity contribution is 6.31. The molecule has 1 aromatic heterocycles. The Morgan fingerprint density at radius 3 is 2.67 bits per heavy atom. The number of ether oxygens (including phenoxy) is 1. The van der Waals surface area contributed by atoms with Gasteiger partial charge in [0.15, 0.2) is 0 Å². The molecule has 1 aliphatic rings. The van der Waals surface area contributed by atoms with Crippen molar-refractivity contribution in [2.75, 3.05) is 19.8 Å². The minimum absolute atomic E-state index is 0.346. The zero-order valence-corrected chi connectivity index (χ0v) is 12.2. The third-order valence-electron chi connectivity index (χ3n) is 3.81. The second-order valence-corrected chi connectivity index (χ2v) is 5.87. The van der Waals surface area contributed by atoms with Gasteiger partial charge in [0.2, 0.25) is 0 Å². The van der Waals surface area contributed by atoms with E-state index in [4.69, 9.17) is 16.3 Å². The average molecular weight is 272 g/mol. The van der Waals surface area contributed by atoms with E-state index in [0.717, 1.165) is 55.6 Å². The van der Waals surface area contributed by atoms with Crippen molar-refractivity contribution in [3.8, 4) is 0 Å². The van der Waals surface area contributed by atoms with Crippen molar-refractivity contribution in [2.45, 2.75) is 33.2 Å². The van der Waals surface area contributed by atoms with Gasteiger partial charge in [-0.3, -0.25) is 4.68 Å². The van der Waals surface area contributed by atoms with E-state index in [2.05, 4.69) is 17.3 Å². The molecule has 102 valence electrons. The normalized spacial score (nSPS) is 19.1. The van der Waals surface area contributed by atoms with E-state index >= 15 is 0 Å². The van der Waals surface area contributed by atoms with Gasteiger partial charge in [0.1, 0.15) is 0 Å². The van der Waals surface area contributed by atoms with Crippen molar-refractivity contribution < 1.29 is 4.74 Å². The predicted octanol–water partition coefficient (Wildman–Crippen LogP) is 2.29. The highest BCUT2D eigenvalue weighted by atomic mass is 35.5. The fraction of sp³-hybridized carbons (Fsp3) is 0.769. The summed E-state index contributed by atoms with van der Waals surface area (Å²) in [5, 5.41) is 8.60. The van der Waals surface area contributed by atoms with Gasteiger partial charge in [-0.25, -0.2) is 0 Å². The van der Waals surface area contributed by atoms with Gasteiger partial charge in [0, 0.05) is 33.4 Å². The highest BCUT2D eigenvalue weighted by Gasteiger charge is 2.26. The number of nitrogens with one attached hydrogen (secondary N) is 1. The first kappa shape index (κ1) is 13.8. The topological polar surface area (TPSA) is 39.1 Å². The third-order valence-corrected chi connectivity index (χ3v) is 4.30. The molecule has 0 atom stereocenters. The molecule has 0 aliphatic carbocycles. The van der Waals surface area contributed by atoms with E-state index < -0.39 is 0 Å². The van der Waals surface area contributed by atoms with E-state index in [0.29, 0.717) is 5.41 Å². The summed E-state index contributed by atoms with van der Waals surface area (Å²) < 4.78 is 7.27. The Labute approximate surface area is 114 Å². The zero-order valence-electron chi connectivity index (χ0n) is 11.4. The highest BCUT2D eigenvalue weighted by Crippen LogP contribution is 2.29. The Balaban J connectivity index is 1.88. The van der Waals surface area contributed by atoms with Crippen LogP contribution in [0, 0.1) is 12.3 Å². The number of rotatable bonds is 4. The molecule has 1 N–H and O–H groups in total. The molecule has 0 aromatic carbocycles. The summed E-state index contributed by atoms with van der Waals surface area (Å²) in [6.07, 6.45) is 2.25. The summed E-state index contributed by atoms with van der Waals surface area (Å²) in [6.45, 7) is 7.78. The maximum atomic E-state index is 6.23. The average Bonchev–Trinajstić information content (AvgIpc) is 2.56. The molecular formula is C13H22ClN3O. The van der Waals surface area contributed by atoms with Crippen LogP contribution in [-0.2, 0) is 18.3 Å². The van der Waals surface area contributed by atoms with Gasteiger partial charge in [-0.1, -0.05) is 18.5 Å². The van der Waals surface area contributed by atoms with Crippen LogP contribution in [0.3, 0.4) is 0 Å². The maximum absolute atomic E-state index is 6.23. The molecule has 2 heterocycles. The van der Waals surface area contributed by atoms with E-state index in [-0.39, 0.29) is 0 Å². The Bertz CT molecular complexity index is 411. The van der Waals surface area contributed by atoms with Crippen LogP contribution in [0.2, 0.25) is 5.02 Å². The first-order chi connectivity index (χ1) is 8.52. The van der Waals surface area contributed by atoms with Gasteiger partial charge in [-0.15, -0.1) is 0 Å². The molecule has 0 amide bonds. The predicted molar refractivity (Wildman–Crippen MR) is 72.8 cm³/mol. The van der Waals surface area contributed by atoms with Gasteiger partial charge >= 0.3 is 0 Å². The summed E-state index contributed by atoms with van der Waals surface area (Å²) in [5.74, 6) is 0. The molecule has 0 spiro atoms. The molecule has 2 rings (SSSR count). The lowest BCUT2D eigenvalue weighted by molar-refractivity contribution is 0.0239. The number of aromatic nitrogens is 2. The quantitative estimate of drug-likeness (QED) is 0.913. The molecule has 1 fully saturated rings. The molecule has 0 bridgehead atoms. The Kier molecular flexibility index (Phi) is 4.30. The molecule has 1 saturated heterocycles. The summed E-state index contributed by atoms with van der Waals surface area (Å²) >= 11 is 6.23. The number of hydrogen-bond donors (Lipinski definition) is 1. The lowest BCUT2D eigenvalue weighted by Crippen LogP contribution is -2.36. The fourth-order valence-corrected chi connectivity index (χ4v) is 2.62. The monoisotopic (exact) mass is 271 g/mol. The summed E-state index contributed by atoms with van der Waals surface area (Å²) in [6, 6.07) is 0. The summed E-state index contributed by atoms with van der Waals surface area (Å²) in [5.41, 5.74) is 2.30. The zero-order chi connectivity index (χ0) is 13.2. The van der Waals surface area contributed by atoms with E-state index in [9.17, 15) is 0 Å². The van der Waals surface area contributed by atoms with Crippen LogP contribution < -0.4 is 5.32 Å². The van der Waals surface area contributed by atoms with Crippen molar-refractivity contribution in [3.05, 3.63) is 16.4 Å². The second kappa shape index (κ2) is 5.59. The van der Waals surface area contributed by atoms with E-state index in [1.165, 1.54) is 0 Å². The van der Waals surface area contributed by atoms with Crippen molar-refractivity contribution in [1.82, 2.24) is 15.1 Å². The summed E-state index contributed by atoms with van der Waals surface area (Å²) in [4.78, 5) is 0. The maximum Gasteiger partial charge on any atom is 0.0860 e. The van der Waals surface area contributed by atoms with Crippen LogP contribution in [0.1, 0.15) is 31.2 Å². The second-order valence-electron chi connectivity index (χ2n) is 5.50. The molecule has 0 radical (unpaired) electrons. The Morgan fingerprint density at radius 2 is 2.11 bits per heavy atom. The minimum Gasteiger partial charge on any atom is -0.381 e. The number of hydrogen-bond acceptors (Lipinski definition) is 3. The molecule has 5 heteroatoms. The van der Waals surface area contributed by atoms with E-state index in [1.807, 2.05) is 18.7 Å². The van der Waals surface area contributed by atoms with Gasteiger partial charge in [-0.2, -0.15) is 5.10 Å². The van der Waals surface area contributed by atoms with Gasteiger partial charge in [0.25, 0.3) is 0 Å². The minimum atomic E-state index is 0.346. The van der Waals surface area contributed by atoms with Gasteiger partial charge in [-0.05, 0) is 25.2 Å². The molecule has 4 nitrogen and oxygen atoms in total. The molecule has 0 unspecified atom stereocenters. The lowest BCUT2D eigenvalue weighted by Gasteiger charge is -2.33. The van der Waals surface area contributed by atoms with Crippen molar-refractivity contribution in [2.24, 2.45) is 12.5 Å². The number of halogens is 1. The van der Waals surface area contributed by atoms with Crippen LogP contribution in [0.4, 0.5) is 0 Å². The SMILES string of the molecule is Cc1nn(C)c(CNCC2(C)CCOCC2)c1Cl. The first-order valence-electron chi connectivity index (χ1n) is 6.48. The first-order valence-corrected chi connectivity index (χ1v) is 6.86. The molecule has 0 saturated carbocycles. The third kappa shape index (κ3) is 3.05. The Hall–Kier alpha value is -0.580. The lowest BCUT2D eigenvalue weighted by atomic mass is 9.82. The molecule has 1 aromatic rings. The van der Waals surface area contributed by atoms with Crippen LogP contribution in [-0.4, -0.2) is 29.5 Å². The van der Waals surface area contributed by atoms with Crippen molar-refractivity contribution >= 4 is 11.6 Å². The van der Waals surface area contributed by atoms with Crippen LogP contribution in [0.25, 0.3) is 0 Å². The standard InChI is InChI=1S/C13H22ClN3O/c1-10-12(14)11(17(3)16-10)8-15-9-13(2)4-6-18-7-5-13/h15H,4-9H2,1-3H3. The molecule has 18 heavy (non-hydrogen) atoms. The molecular weight excluding hydrogens is 250 g/mol. The summed E-state index contributed by atoms with van der Waals surface area (Å²) in [7, 11) is 1.94. The van der Waals surface area contributed by atoms with Gasteiger partial charge < -0.3 is 10.1 Å². The van der Waals surface area contributed by atoms with Crippen LogP contribution in [0.5, 0.6) is 0 Å². The molecule has 1 aliphatic heterocycles. The smallest absolute Gasteiger partial charge is 0.0860 e. The van der Waals surface area contributed by atoms with Gasteiger partial charge in [0.05, 0.1) is 16.4 Å².